The Bertz CT molecular complexity index is 261. The van der Waals surface area contributed by atoms with E-state index in [4.69, 9.17) is 10.5 Å². The summed E-state index contributed by atoms with van der Waals surface area (Å²) in [7, 11) is -3.11. The lowest BCUT2D eigenvalue weighted by molar-refractivity contribution is 0.0678. The highest BCUT2D eigenvalue weighted by molar-refractivity contribution is 7.89. The van der Waals surface area contributed by atoms with E-state index in [1.165, 1.54) is 0 Å². The van der Waals surface area contributed by atoms with E-state index < -0.39 is 10.0 Å². The number of nitrogens with one attached hydrogen (secondary N) is 1. The average Bonchev–Trinajstić information content (AvgIpc) is 2.25. The first-order valence-corrected chi connectivity index (χ1v) is 7.04. The quantitative estimate of drug-likeness (QED) is 0.662. The highest BCUT2D eigenvalue weighted by atomic mass is 32.2. The fourth-order valence-electron chi connectivity index (χ4n) is 1.54. The third-order valence-electron chi connectivity index (χ3n) is 2.55. The summed E-state index contributed by atoms with van der Waals surface area (Å²) in [5.74, 6) is 0.554. The molecule has 90 valence electrons. The summed E-state index contributed by atoms with van der Waals surface area (Å²) in [6.45, 7) is 2.44. The molecule has 1 saturated heterocycles. The van der Waals surface area contributed by atoms with E-state index in [0.29, 0.717) is 25.4 Å². The predicted octanol–water partition coefficient (Wildman–Crippen LogP) is -0.319. The minimum atomic E-state index is -3.11. The monoisotopic (exact) mass is 236 g/mol. The summed E-state index contributed by atoms with van der Waals surface area (Å²) < 4.78 is 30.7. The first-order valence-electron chi connectivity index (χ1n) is 5.39. The van der Waals surface area contributed by atoms with Crippen molar-refractivity contribution in [3.05, 3.63) is 0 Å². The zero-order chi connectivity index (χ0) is 11.1. The van der Waals surface area contributed by atoms with E-state index in [-0.39, 0.29) is 5.75 Å². The average molecular weight is 236 g/mol. The number of hydrogen-bond donors (Lipinski definition) is 2. The van der Waals surface area contributed by atoms with Crippen LogP contribution in [0.5, 0.6) is 0 Å². The molecule has 0 spiro atoms. The lowest BCUT2D eigenvalue weighted by Crippen LogP contribution is -2.34. The Hall–Kier alpha value is -0.170. The van der Waals surface area contributed by atoms with E-state index in [1.54, 1.807) is 0 Å². The third-order valence-corrected chi connectivity index (χ3v) is 3.98. The summed E-state index contributed by atoms with van der Waals surface area (Å²) in [6, 6.07) is 0. The van der Waals surface area contributed by atoms with Crippen molar-refractivity contribution < 1.29 is 13.2 Å². The molecule has 0 bridgehead atoms. The van der Waals surface area contributed by atoms with Gasteiger partial charge in [-0.15, -0.1) is 0 Å². The van der Waals surface area contributed by atoms with Gasteiger partial charge in [0, 0.05) is 19.8 Å². The number of ether oxygens (including phenoxy) is 1. The van der Waals surface area contributed by atoms with Gasteiger partial charge in [-0.2, -0.15) is 0 Å². The molecule has 1 fully saturated rings. The molecular weight excluding hydrogens is 216 g/mol. The molecule has 0 radical (unpaired) electrons. The summed E-state index contributed by atoms with van der Waals surface area (Å²) >= 11 is 0. The van der Waals surface area contributed by atoms with Crippen LogP contribution in [0.25, 0.3) is 0 Å². The zero-order valence-corrected chi connectivity index (χ0v) is 9.76. The van der Waals surface area contributed by atoms with Gasteiger partial charge >= 0.3 is 0 Å². The molecular formula is C9H20N2O3S. The van der Waals surface area contributed by atoms with Gasteiger partial charge in [0.1, 0.15) is 0 Å². The van der Waals surface area contributed by atoms with Crippen LogP contribution < -0.4 is 10.5 Å². The maximum atomic E-state index is 11.4. The Morgan fingerprint density at radius 1 is 1.33 bits per heavy atom. The molecule has 1 heterocycles. The molecule has 0 amide bonds. The Labute approximate surface area is 91.4 Å². The van der Waals surface area contributed by atoms with Crippen molar-refractivity contribution in [2.24, 2.45) is 11.7 Å². The number of nitrogens with two attached hydrogens (primary N) is 1. The summed E-state index contributed by atoms with van der Waals surface area (Å²) in [5.41, 5.74) is 5.27. The van der Waals surface area contributed by atoms with Crippen molar-refractivity contribution in [1.82, 2.24) is 4.72 Å². The van der Waals surface area contributed by atoms with Gasteiger partial charge in [-0.3, -0.25) is 0 Å². The second-order valence-corrected chi connectivity index (χ2v) is 5.79. The van der Waals surface area contributed by atoms with Gasteiger partial charge < -0.3 is 10.5 Å². The topological polar surface area (TPSA) is 81.4 Å². The van der Waals surface area contributed by atoms with Crippen LogP contribution in [0.3, 0.4) is 0 Å². The molecule has 5 nitrogen and oxygen atoms in total. The molecule has 0 atom stereocenters. The fraction of sp³-hybridized carbons (Fsp3) is 1.00. The van der Waals surface area contributed by atoms with Crippen LogP contribution in [0, 0.1) is 5.92 Å². The van der Waals surface area contributed by atoms with Crippen molar-refractivity contribution in [1.29, 1.82) is 0 Å². The van der Waals surface area contributed by atoms with Crippen LogP contribution in [-0.4, -0.2) is 40.5 Å². The Morgan fingerprint density at radius 3 is 2.60 bits per heavy atom. The van der Waals surface area contributed by atoms with Crippen LogP contribution in [-0.2, 0) is 14.8 Å². The summed E-state index contributed by atoms with van der Waals surface area (Å²) in [6.07, 6.45) is 2.40. The molecule has 0 unspecified atom stereocenters. The maximum absolute atomic E-state index is 11.4. The van der Waals surface area contributed by atoms with Crippen LogP contribution >= 0.6 is 0 Å². The number of hydrogen-bond acceptors (Lipinski definition) is 4. The smallest absolute Gasteiger partial charge is 0.211 e. The largest absolute Gasteiger partial charge is 0.381 e. The molecule has 15 heavy (non-hydrogen) atoms. The van der Waals surface area contributed by atoms with E-state index in [0.717, 1.165) is 26.1 Å². The normalized spacial score (nSPS) is 19.3. The lowest BCUT2D eigenvalue weighted by atomic mass is 10.0. The number of sulfonamides is 1. The molecule has 1 aliphatic rings. The van der Waals surface area contributed by atoms with Crippen LogP contribution in [0.15, 0.2) is 0 Å². The lowest BCUT2D eigenvalue weighted by Gasteiger charge is -2.22. The van der Waals surface area contributed by atoms with E-state index in [9.17, 15) is 8.42 Å². The molecule has 0 saturated carbocycles. The second-order valence-electron chi connectivity index (χ2n) is 3.87. The van der Waals surface area contributed by atoms with Gasteiger partial charge in [0.2, 0.25) is 10.0 Å². The maximum Gasteiger partial charge on any atom is 0.211 e. The molecule has 1 aliphatic heterocycles. The highest BCUT2D eigenvalue weighted by Gasteiger charge is 2.16. The fourth-order valence-corrected chi connectivity index (χ4v) is 2.72. The highest BCUT2D eigenvalue weighted by Crippen LogP contribution is 2.13. The standard InChI is InChI=1S/C9H20N2O3S/c10-4-1-7-15(12,13)11-8-9-2-5-14-6-3-9/h9,11H,1-8,10H2. The van der Waals surface area contributed by atoms with Crippen molar-refractivity contribution in [3.8, 4) is 0 Å². The summed E-state index contributed by atoms with van der Waals surface area (Å²) in [4.78, 5) is 0. The molecule has 1 rings (SSSR count). The predicted molar refractivity (Wildman–Crippen MR) is 59.0 cm³/mol. The minimum absolute atomic E-state index is 0.132. The molecule has 6 heteroatoms. The SMILES string of the molecule is NCCCS(=O)(=O)NCC1CCOCC1. The van der Waals surface area contributed by atoms with Crippen molar-refractivity contribution >= 4 is 10.0 Å². The van der Waals surface area contributed by atoms with Gasteiger partial charge in [0.25, 0.3) is 0 Å². The summed E-state index contributed by atoms with van der Waals surface area (Å²) in [5, 5.41) is 0. The number of rotatable bonds is 6. The third kappa shape index (κ3) is 5.46. The molecule has 3 N–H and O–H groups in total. The first kappa shape index (κ1) is 12.9. The van der Waals surface area contributed by atoms with Crippen molar-refractivity contribution in [3.63, 3.8) is 0 Å². The van der Waals surface area contributed by atoms with Crippen LogP contribution in [0.1, 0.15) is 19.3 Å². The second kappa shape index (κ2) is 6.42. The van der Waals surface area contributed by atoms with Crippen LogP contribution in [0.2, 0.25) is 0 Å². The van der Waals surface area contributed by atoms with Gasteiger partial charge in [-0.25, -0.2) is 13.1 Å². The molecule has 0 aromatic carbocycles. The van der Waals surface area contributed by atoms with Gasteiger partial charge in [0.05, 0.1) is 5.75 Å². The molecule has 0 aromatic heterocycles. The van der Waals surface area contributed by atoms with Gasteiger partial charge in [0.15, 0.2) is 0 Å². The Kier molecular flexibility index (Phi) is 5.52. The Morgan fingerprint density at radius 2 is 2.00 bits per heavy atom. The van der Waals surface area contributed by atoms with E-state index in [1.807, 2.05) is 0 Å². The van der Waals surface area contributed by atoms with Crippen molar-refractivity contribution in [2.75, 3.05) is 32.1 Å². The minimum Gasteiger partial charge on any atom is -0.381 e. The first-order chi connectivity index (χ1) is 7.14. The zero-order valence-electron chi connectivity index (χ0n) is 8.94. The van der Waals surface area contributed by atoms with Gasteiger partial charge in [-0.1, -0.05) is 0 Å². The van der Waals surface area contributed by atoms with Gasteiger partial charge in [-0.05, 0) is 31.7 Å². The van der Waals surface area contributed by atoms with Crippen LogP contribution in [0.4, 0.5) is 0 Å². The van der Waals surface area contributed by atoms with Crippen molar-refractivity contribution in [2.45, 2.75) is 19.3 Å². The van der Waals surface area contributed by atoms with E-state index >= 15 is 0 Å². The molecule has 0 aliphatic carbocycles. The molecule has 0 aromatic rings. The van der Waals surface area contributed by atoms with E-state index in [2.05, 4.69) is 4.72 Å². The Balaban J connectivity index is 2.22.